The predicted octanol–water partition coefficient (Wildman–Crippen LogP) is 2.47. The smallest absolute Gasteiger partial charge is 0.0797 e. The Bertz CT molecular complexity index is 574. The summed E-state index contributed by atoms with van der Waals surface area (Å²) in [7, 11) is 2.14. The van der Waals surface area contributed by atoms with E-state index >= 15 is 0 Å². The molecule has 0 aliphatic heterocycles. The quantitative estimate of drug-likeness (QED) is 0.879. The Hall–Kier alpha value is -1.27. The lowest BCUT2D eigenvalue weighted by atomic mass is 10.1. The maximum atomic E-state index is 4.54. The molecular formula is C14H21N5S. The highest BCUT2D eigenvalue weighted by molar-refractivity contribution is 7.05. The van der Waals surface area contributed by atoms with Crippen molar-refractivity contribution in [1.82, 2.24) is 24.7 Å². The summed E-state index contributed by atoms with van der Waals surface area (Å²) in [4.78, 5) is 3.54. The van der Waals surface area contributed by atoms with E-state index in [4.69, 9.17) is 0 Å². The first-order chi connectivity index (χ1) is 9.74. The second-order valence-corrected chi connectivity index (χ2v) is 6.48. The molecule has 108 valence electrons. The third-order valence-corrected chi connectivity index (χ3v) is 4.78. The van der Waals surface area contributed by atoms with Crippen LogP contribution in [0.1, 0.15) is 46.8 Å². The lowest BCUT2D eigenvalue weighted by Crippen LogP contribution is -2.18. The molecule has 20 heavy (non-hydrogen) atoms. The molecule has 5 nitrogen and oxygen atoms in total. The fourth-order valence-electron chi connectivity index (χ4n) is 2.81. The minimum Gasteiger partial charge on any atom is -0.295 e. The number of aromatic nitrogens is 4. The van der Waals surface area contributed by atoms with E-state index in [2.05, 4.69) is 31.7 Å². The number of rotatable bonds is 4. The number of hydrogen-bond donors (Lipinski definition) is 1. The Kier molecular flexibility index (Phi) is 4.12. The van der Waals surface area contributed by atoms with Crippen LogP contribution in [0.3, 0.4) is 0 Å². The average Bonchev–Trinajstić information content (AvgIpc) is 2.90. The molecule has 0 bridgehead atoms. The highest BCUT2D eigenvalue weighted by Crippen LogP contribution is 2.23. The fraction of sp³-hybridized carbons (Fsp3) is 0.643. The van der Waals surface area contributed by atoms with Crippen molar-refractivity contribution in [2.75, 3.05) is 7.05 Å². The van der Waals surface area contributed by atoms with Gasteiger partial charge in [0.1, 0.15) is 0 Å². The molecule has 1 aliphatic carbocycles. The van der Waals surface area contributed by atoms with E-state index in [0.29, 0.717) is 0 Å². The van der Waals surface area contributed by atoms with Crippen LogP contribution in [0.25, 0.3) is 0 Å². The van der Waals surface area contributed by atoms with Gasteiger partial charge >= 0.3 is 0 Å². The number of aryl methyl sites for hydroxylation is 2. The van der Waals surface area contributed by atoms with E-state index < -0.39 is 0 Å². The van der Waals surface area contributed by atoms with Crippen molar-refractivity contribution in [2.24, 2.45) is 0 Å². The molecule has 2 aromatic heterocycles. The fourth-order valence-corrected chi connectivity index (χ4v) is 3.52. The van der Waals surface area contributed by atoms with E-state index in [1.807, 2.05) is 6.92 Å². The Morgan fingerprint density at radius 1 is 1.20 bits per heavy atom. The molecule has 2 aromatic rings. The van der Waals surface area contributed by atoms with Crippen LogP contribution in [0.15, 0.2) is 0 Å². The van der Waals surface area contributed by atoms with Crippen molar-refractivity contribution in [3.63, 3.8) is 0 Å². The number of hydrogen-bond acceptors (Lipinski definition) is 5. The molecule has 0 spiro atoms. The number of H-pyrrole nitrogens is 1. The Balaban J connectivity index is 1.68. The minimum atomic E-state index is 0.892. The van der Waals surface area contributed by atoms with Gasteiger partial charge in [-0.3, -0.25) is 10.00 Å². The number of aromatic amines is 1. The summed E-state index contributed by atoms with van der Waals surface area (Å²) in [5.41, 5.74) is 5.09. The molecule has 0 aromatic carbocycles. The summed E-state index contributed by atoms with van der Waals surface area (Å²) >= 11 is 1.49. The SMILES string of the molecule is Cc1nnsc1CN(C)Cc1n[nH]c2c1CCCCC2. The third kappa shape index (κ3) is 2.91. The first-order valence-electron chi connectivity index (χ1n) is 7.25. The summed E-state index contributed by atoms with van der Waals surface area (Å²) in [5, 5.41) is 11.8. The zero-order valence-corrected chi connectivity index (χ0v) is 13.0. The molecule has 1 N–H and O–H groups in total. The predicted molar refractivity (Wildman–Crippen MR) is 79.7 cm³/mol. The van der Waals surface area contributed by atoms with E-state index in [0.717, 1.165) is 25.2 Å². The topological polar surface area (TPSA) is 57.7 Å². The molecular weight excluding hydrogens is 270 g/mol. The Labute approximate surface area is 123 Å². The van der Waals surface area contributed by atoms with E-state index in [1.165, 1.54) is 59.0 Å². The van der Waals surface area contributed by atoms with Crippen LogP contribution < -0.4 is 0 Å². The van der Waals surface area contributed by atoms with Crippen LogP contribution in [-0.2, 0) is 25.9 Å². The molecule has 1 aliphatic rings. The van der Waals surface area contributed by atoms with Gasteiger partial charge in [-0.1, -0.05) is 10.9 Å². The molecule has 6 heteroatoms. The highest BCUT2D eigenvalue weighted by Gasteiger charge is 2.17. The normalized spacial score (nSPS) is 15.3. The lowest BCUT2D eigenvalue weighted by Gasteiger charge is -2.15. The van der Waals surface area contributed by atoms with Gasteiger partial charge in [0, 0.05) is 18.8 Å². The van der Waals surface area contributed by atoms with E-state index in [1.54, 1.807) is 0 Å². The van der Waals surface area contributed by atoms with Gasteiger partial charge in [-0.2, -0.15) is 5.10 Å². The minimum absolute atomic E-state index is 0.892. The van der Waals surface area contributed by atoms with Gasteiger partial charge in [-0.15, -0.1) is 5.10 Å². The van der Waals surface area contributed by atoms with Crippen LogP contribution in [0, 0.1) is 6.92 Å². The molecule has 0 atom stereocenters. The Morgan fingerprint density at radius 3 is 2.85 bits per heavy atom. The molecule has 0 saturated heterocycles. The van der Waals surface area contributed by atoms with Crippen molar-refractivity contribution < 1.29 is 0 Å². The molecule has 0 unspecified atom stereocenters. The van der Waals surface area contributed by atoms with Crippen molar-refractivity contribution in [3.05, 3.63) is 27.5 Å². The molecule has 0 amide bonds. The largest absolute Gasteiger partial charge is 0.295 e. The summed E-state index contributed by atoms with van der Waals surface area (Å²) in [6.07, 6.45) is 6.25. The molecule has 3 rings (SSSR count). The van der Waals surface area contributed by atoms with Gasteiger partial charge in [-0.25, -0.2) is 0 Å². The van der Waals surface area contributed by atoms with Gasteiger partial charge in [0.25, 0.3) is 0 Å². The average molecular weight is 291 g/mol. The maximum Gasteiger partial charge on any atom is 0.0797 e. The second-order valence-electron chi connectivity index (χ2n) is 5.64. The number of nitrogens with zero attached hydrogens (tertiary/aromatic N) is 4. The summed E-state index contributed by atoms with van der Waals surface area (Å²) in [5.74, 6) is 0. The molecule has 0 radical (unpaired) electrons. The first-order valence-corrected chi connectivity index (χ1v) is 8.02. The van der Waals surface area contributed by atoms with Crippen LogP contribution >= 0.6 is 11.5 Å². The molecule has 2 heterocycles. The summed E-state index contributed by atoms with van der Waals surface area (Å²) < 4.78 is 4.00. The van der Waals surface area contributed by atoms with Gasteiger partial charge in [0.15, 0.2) is 0 Å². The molecule has 0 fully saturated rings. The standard InChI is InChI=1S/C14H21N5S/c1-10-14(20-18-15-10)9-19(2)8-13-11-6-4-3-5-7-12(11)16-17-13/h3-9H2,1-2H3,(H,16,17). The van der Waals surface area contributed by atoms with Crippen LogP contribution in [0.2, 0.25) is 0 Å². The van der Waals surface area contributed by atoms with Crippen molar-refractivity contribution in [2.45, 2.75) is 52.1 Å². The first kappa shape index (κ1) is 13.7. The zero-order valence-electron chi connectivity index (χ0n) is 12.1. The van der Waals surface area contributed by atoms with Crippen molar-refractivity contribution in [1.29, 1.82) is 0 Å². The van der Waals surface area contributed by atoms with Crippen LogP contribution in [-0.4, -0.2) is 31.7 Å². The Morgan fingerprint density at radius 2 is 2.05 bits per heavy atom. The van der Waals surface area contributed by atoms with Gasteiger partial charge in [-0.05, 0) is 56.8 Å². The second kappa shape index (κ2) is 6.01. The number of nitrogens with one attached hydrogen (secondary N) is 1. The van der Waals surface area contributed by atoms with E-state index in [-0.39, 0.29) is 0 Å². The summed E-state index contributed by atoms with van der Waals surface area (Å²) in [6.45, 7) is 3.81. The van der Waals surface area contributed by atoms with Crippen molar-refractivity contribution >= 4 is 11.5 Å². The lowest BCUT2D eigenvalue weighted by molar-refractivity contribution is 0.316. The van der Waals surface area contributed by atoms with E-state index in [9.17, 15) is 0 Å². The summed E-state index contributed by atoms with van der Waals surface area (Å²) in [6, 6.07) is 0. The van der Waals surface area contributed by atoms with Crippen molar-refractivity contribution in [3.8, 4) is 0 Å². The van der Waals surface area contributed by atoms with Crippen LogP contribution in [0.4, 0.5) is 0 Å². The van der Waals surface area contributed by atoms with Gasteiger partial charge in [0.05, 0.1) is 16.3 Å². The van der Waals surface area contributed by atoms with Gasteiger partial charge in [0.2, 0.25) is 0 Å². The third-order valence-electron chi connectivity index (χ3n) is 3.97. The maximum absolute atomic E-state index is 4.54. The molecule has 0 saturated carbocycles. The monoisotopic (exact) mass is 291 g/mol. The van der Waals surface area contributed by atoms with Crippen LogP contribution in [0.5, 0.6) is 0 Å². The number of fused-ring (bicyclic) bond motifs is 1. The highest BCUT2D eigenvalue weighted by atomic mass is 32.1. The zero-order chi connectivity index (χ0) is 13.9. The van der Waals surface area contributed by atoms with Gasteiger partial charge < -0.3 is 0 Å².